The predicted molar refractivity (Wildman–Crippen MR) is 98.8 cm³/mol. The van der Waals surface area contributed by atoms with Gasteiger partial charge in [0.2, 0.25) is 5.78 Å². The first kappa shape index (κ1) is 17.1. The SMILES string of the molecule is O=C(COC(=O)c1c[nH]c2ccccc12)c1c[nH]c(C(=O)N2CCCC2)c1. The van der Waals surface area contributed by atoms with Crippen molar-refractivity contribution in [2.24, 2.45) is 0 Å². The van der Waals surface area contributed by atoms with Crippen LogP contribution >= 0.6 is 0 Å². The maximum Gasteiger partial charge on any atom is 0.340 e. The number of fused-ring (bicyclic) bond motifs is 1. The summed E-state index contributed by atoms with van der Waals surface area (Å²) in [7, 11) is 0. The number of hydrogen-bond donors (Lipinski definition) is 2. The van der Waals surface area contributed by atoms with Gasteiger partial charge in [0.25, 0.3) is 5.91 Å². The highest BCUT2D eigenvalue weighted by Gasteiger charge is 2.22. The van der Waals surface area contributed by atoms with Crippen LogP contribution < -0.4 is 0 Å². The van der Waals surface area contributed by atoms with Crippen LogP contribution in [0.3, 0.4) is 0 Å². The summed E-state index contributed by atoms with van der Waals surface area (Å²) >= 11 is 0. The fourth-order valence-corrected chi connectivity index (χ4v) is 3.30. The normalized spacial score (nSPS) is 13.9. The van der Waals surface area contributed by atoms with Gasteiger partial charge in [0, 0.05) is 41.9 Å². The van der Waals surface area contributed by atoms with Crippen LogP contribution in [-0.2, 0) is 4.74 Å². The number of carbonyl (C=O) groups is 3. The molecule has 2 aromatic heterocycles. The Hall–Kier alpha value is -3.35. The number of ether oxygens (including phenoxy) is 1. The molecule has 7 nitrogen and oxygen atoms in total. The van der Waals surface area contributed by atoms with Crippen molar-refractivity contribution in [3.05, 3.63) is 59.5 Å². The van der Waals surface area contributed by atoms with Crippen molar-refractivity contribution in [1.29, 1.82) is 0 Å². The summed E-state index contributed by atoms with van der Waals surface area (Å²) in [6.07, 6.45) is 5.05. The van der Waals surface area contributed by atoms with E-state index < -0.39 is 5.97 Å². The van der Waals surface area contributed by atoms with Crippen LogP contribution in [0.2, 0.25) is 0 Å². The minimum atomic E-state index is -0.565. The second-order valence-corrected chi connectivity index (χ2v) is 6.55. The summed E-state index contributed by atoms with van der Waals surface area (Å²) < 4.78 is 5.16. The molecule has 1 aliphatic rings. The van der Waals surface area contributed by atoms with Crippen molar-refractivity contribution >= 4 is 28.6 Å². The Balaban J connectivity index is 1.39. The zero-order valence-corrected chi connectivity index (χ0v) is 14.7. The standard InChI is InChI=1S/C20H19N3O4/c24-18(13-9-17(21-10-13)19(25)23-7-3-4-8-23)12-27-20(26)15-11-22-16-6-2-1-5-14(15)16/h1-2,5-6,9-11,21-22H,3-4,7-8,12H2. The molecular weight excluding hydrogens is 346 g/mol. The molecule has 0 aliphatic carbocycles. The van der Waals surface area contributed by atoms with Crippen LogP contribution in [0, 0.1) is 0 Å². The van der Waals surface area contributed by atoms with E-state index in [0.717, 1.165) is 36.8 Å². The molecule has 0 bridgehead atoms. The van der Waals surface area contributed by atoms with Crippen LogP contribution in [0.4, 0.5) is 0 Å². The Kier molecular flexibility index (Phi) is 4.50. The number of amides is 1. The first-order valence-electron chi connectivity index (χ1n) is 8.87. The lowest BCUT2D eigenvalue weighted by atomic mass is 10.2. The van der Waals surface area contributed by atoms with Crippen LogP contribution in [0.1, 0.15) is 44.0 Å². The summed E-state index contributed by atoms with van der Waals surface area (Å²) in [6.45, 7) is 1.10. The summed E-state index contributed by atoms with van der Waals surface area (Å²) in [5.74, 6) is -1.04. The van der Waals surface area contributed by atoms with Gasteiger partial charge >= 0.3 is 5.97 Å². The highest BCUT2D eigenvalue weighted by atomic mass is 16.5. The number of carbonyl (C=O) groups excluding carboxylic acids is 3. The molecule has 3 aromatic rings. The van der Waals surface area contributed by atoms with Gasteiger partial charge in [-0.2, -0.15) is 0 Å². The Morgan fingerprint density at radius 1 is 1.04 bits per heavy atom. The molecule has 1 aromatic carbocycles. The number of benzene rings is 1. The number of Topliss-reactive ketones (excluding diaryl/α,β-unsaturated/α-hetero) is 1. The van der Waals surface area contributed by atoms with Crippen molar-refractivity contribution in [1.82, 2.24) is 14.9 Å². The molecule has 1 amide bonds. The van der Waals surface area contributed by atoms with Crippen LogP contribution in [0.25, 0.3) is 10.9 Å². The van der Waals surface area contributed by atoms with E-state index in [1.54, 1.807) is 11.1 Å². The average Bonchev–Trinajstić information content (AvgIpc) is 3.45. The van der Waals surface area contributed by atoms with Crippen LogP contribution in [0.15, 0.2) is 42.7 Å². The van der Waals surface area contributed by atoms with Gasteiger partial charge in [-0.05, 0) is 25.0 Å². The first-order chi connectivity index (χ1) is 13.1. The molecule has 0 saturated carbocycles. The molecule has 1 saturated heterocycles. The third-order valence-corrected chi connectivity index (χ3v) is 4.77. The fraction of sp³-hybridized carbons (Fsp3) is 0.250. The number of hydrogen-bond acceptors (Lipinski definition) is 4. The lowest BCUT2D eigenvalue weighted by molar-refractivity contribution is 0.0476. The molecule has 2 N–H and O–H groups in total. The molecule has 0 spiro atoms. The second-order valence-electron chi connectivity index (χ2n) is 6.55. The smallest absolute Gasteiger partial charge is 0.340 e. The molecule has 1 aliphatic heterocycles. The maximum atomic E-state index is 12.3. The van der Waals surface area contributed by atoms with Crippen molar-refractivity contribution in [3.63, 3.8) is 0 Å². The van der Waals surface area contributed by atoms with E-state index >= 15 is 0 Å². The Labute approximate surface area is 155 Å². The quantitative estimate of drug-likeness (QED) is 0.537. The maximum absolute atomic E-state index is 12.3. The number of nitrogens with one attached hydrogen (secondary N) is 2. The lowest BCUT2D eigenvalue weighted by Gasteiger charge is -2.13. The zero-order chi connectivity index (χ0) is 18.8. The van der Waals surface area contributed by atoms with Gasteiger partial charge in [0.15, 0.2) is 6.61 Å². The molecule has 7 heteroatoms. The molecule has 0 atom stereocenters. The van der Waals surface area contributed by atoms with E-state index in [0.29, 0.717) is 16.8 Å². The van der Waals surface area contributed by atoms with E-state index in [2.05, 4.69) is 9.97 Å². The van der Waals surface area contributed by atoms with E-state index in [9.17, 15) is 14.4 Å². The van der Waals surface area contributed by atoms with Crippen molar-refractivity contribution < 1.29 is 19.1 Å². The molecule has 4 rings (SSSR count). The Bertz CT molecular complexity index is 1010. The van der Waals surface area contributed by atoms with Crippen molar-refractivity contribution in [2.45, 2.75) is 12.8 Å². The number of ketones is 1. The minimum absolute atomic E-state index is 0.109. The first-order valence-corrected chi connectivity index (χ1v) is 8.87. The number of rotatable bonds is 5. The highest BCUT2D eigenvalue weighted by Crippen LogP contribution is 2.19. The Morgan fingerprint density at radius 3 is 2.63 bits per heavy atom. The highest BCUT2D eigenvalue weighted by molar-refractivity contribution is 6.06. The fourth-order valence-electron chi connectivity index (χ4n) is 3.30. The Morgan fingerprint density at radius 2 is 1.81 bits per heavy atom. The number of aromatic amines is 2. The topological polar surface area (TPSA) is 95.3 Å². The van der Waals surface area contributed by atoms with Crippen molar-refractivity contribution in [2.75, 3.05) is 19.7 Å². The molecule has 0 radical (unpaired) electrons. The van der Waals surface area contributed by atoms with Gasteiger partial charge in [-0.3, -0.25) is 9.59 Å². The monoisotopic (exact) mass is 365 g/mol. The number of para-hydroxylation sites is 1. The van der Waals surface area contributed by atoms with Gasteiger partial charge < -0.3 is 19.6 Å². The molecule has 138 valence electrons. The molecule has 3 heterocycles. The lowest BCUT2D eigenvalue weighted by Crippen LogP contribution is -2.27. The second kappa shape index (κ2) is 7.11. The van der Waals surface area contributed by atoms with Crippen LogP contribution in [0.5, 0.6) is 0 Å². The zero-order valence-electron chi connectivity index (χ0n) is 14.7. The predicted octanol–water partition coefficient (Wildman–Crippen LogP) is 2.77. The number of nitrogens with zero attached hydrogens (tertiary/aromatic N) is 1. The third-order valence-electron chi connectivity index (χ3n) is 4.77. The van der Waals surface area contributed by atoms with E-state index in [1.807, 2.05) is 24.3 Å². The van der Waals surface area contributed by atoms with Gasteiger partial charge in [-0.15, -0.1) is 0 Å². The third kappa shape index (κ3) is 3.36. The van der Waals surface area contributed by atoms with Gasteiger partial charge in [-0.1, -0.05) is 18.2 Å². The van der Waals surface area contributed by atoms with Crippen molar-refractivity contribution in [3.8, 4) is 0 Å². The summed E-state index contributed by atoms with van der Waals surface area (Å²) in [4.78, 5) is 44.5. The summed E-state index contributed by atoms with van der Waals surface area (Å²) in [5.41, 5.74) is 1.91. The largest absolute Gasteiger partial charge is 0.454 e. The van der Waals surface area contributed by atoms with Crippen LogP contribution in [-0.4, -0.2) is 52.2 Å². The molecule has 27 heavy (non-hydrogen) atoms. The summed E-state index contributed by atoms with van der Waals surface area (Å²) in [6, 6.07) is 8.88. The summed E-state index contributed by atoms with van der Waals surface area (Å²) in [5, 5.41) is 0.745. The van der Waals surface area contributed by atoms with Gasteiger partial charge in [0.1, 0.15) is 5.69 Å². The molecular formula is C20H19N3O4. The number of esters is 1. The number of H-pyrrole nitrogens is 2. The number of aromatic nitrogens is 2. The average molecular weight is 365 g/mol. The minimum Gasteiger partial charge on any atom is -0.454 e. The van der Waals surface area contributed by atoms with E-state index in [4.69, 9.17) is 4.74 Å². The van der Waals surface area contributed by atoms with E-state index in [-0.39, 0.29) is 18.3 Å². The van der Waals surface area contributed by atoms with Gasteiger partial charge in [0.05, 0.1) is 5.56 Å². The molecule has 1 fully saturated rings. The van der Waals surface area contributed by atoms with E-state index in [1.165, 1.54) is 12.3 Å². The number of likely N-dealkylation sites (tertiary alicyclic amines) is 1. The molecule has 0 unspecified atom stereocenters. The van der Waals surface area contributed by atoms with Gasteiger partial charge in [-0.25, -0.2) is 4.79 Å².